The van der Waals surface area contributed by atoms with E-state index in [2.05, 4.69) is 24.8 Å². The smallest absolute Gasteiger partial charge is 0.137 e. The SMILES string of the molecule is CCC(CC)N(CCOC)CCOc1ccccc1C#N. The van der Waals surface area contributed by atoms with E-state index in [4.69, 9.17) is 14.7 Å². The molecule has 0 atom stereocenters. The maximum Gasteiger partial charge on any atom is 0.137 e. The molecule has 0 amide bonds. The van der Waals surface area contributed by atoms with Crippen molar-refractivity contribution in [2.45, 2.75) is 32.7 Å². The number of para-hydroxylation sites is 1. The van der Waals surface area contributed by atoms with Crippen molar-refractivity contribution in [2.75, 3.05) is 33.4 Å². The Bertz CT molecular complexity index is 439. The predicted octanol–water partition coefficient (Wildman–Crippen LogP) is 3.07. The molecule has 116 valence electrons. The van der Waals surface area contributed by atoms with Crippen molar-refractivity contribution in [3.05, 3.63) is 29.8 Å². The summed E-state index contributed by atoms with van der Waals surface area (Å²) in [5.41, 5.74) is 0.587. The van der Waals surface area contributed by atoms with Crippen LogP contribution in [0.3, 0.4) is 0 Å². The minimum atomic E-state index is 0.551. The second kappa shape index (κ2) is 10.2. The number of hydrogen-bond acceptors (Lipinski definition) is 4. The van der Waals surface area contributed by atoms with Crippen LogP contribution >= 0.6 is 0 Å². The van der Waals surface area contributed by atoms with Crippen LogP contribution in [0, 0.1) is 11.3 Å². The summed E-state index contributed by atoms with van der Waals surface area (Å²) >= 11 is 0. The molecule has 0 radical (unpaired) electrons. The lowest BCUT2D eigenvalue weighted by molar-refractivity contribution is 0.101. The van der Waals surface area contributed by atoms with Crippen molar-refractivity contribution >= 4 is 0 Å². The molecule has 0 aliphatic rings. The average molecular weight is 290 g/mol. The van der Waals surface area contributed by atoms with Crippen LogP contribution in [0.25, 0.3) is 0 Å². The molecule has 0 bridgehead atoms. The van der Waals surface area contributed by atoms with Gasteiger partial charge in [-0.05, 0) is 25.0 Å². The molecule has 0 fully saturated rings. The molecule has 0 unspecified atom stereocenters. The first-order valence-corrected chi connectivity index (χ1v) is 7.61. The van der Waals surface area contributed by atoms with Gasteiger partial charge in [0.25, 0.3) is 0 Å². The largest absolute Gasteiger partial charge is 0.491 e. The number of ether oxygens (including phenoxy) is 2. The lowest BCUT2D eigenvalue weighted by atomic mass is 10.1. The topological polar surface area (TPSA) is 45.5 Å². The number of methoxy groups -OCH3 is 1. The lowest BCUT2D eigenvalue weighted by Crippen LogP contribution is -2.39. The molecule has 0 aliphatic carbocycles. The van der Waals surface area contributed by atoms with Gasteiger partial charge in [0.15, 0.2) is 0 Å². The van der Waals surface area contributed by atoms with E-state index in [-0.39, 0.29) is 0 Å². The highest BCUT2D eigenvalue weighted by atomic mass is 16.5. The Balaban J connectivity index is 2.54. The van der Waals surface area contributed by atoms with E-state index in [1.807, 2.05) is 18.2 Å². The molecule has 1 aromatic rings. The van der Waals surface area contributed by atoms with Gasteiger partial charge in [0.05, 0.1) is 12.2 Å². The molecule has 4 nitrogen and oxygen atoms in total. The zero-order valence-corrected chi connectivity index (χ0v) is 13.3. The first kappa shape index (κ1) is 17.5. The summed E-state index contributed by atoms with van der Waals surface area (Å²) in [6.07, 6.45) is 2.24. The third-order valence-corrected chi connectivity index (χ3v) is 3.69. The van der Waals surface area contributed by atoms with Crippen LogP contribution in [-0.4, -0.2) is 44.4 Å². The molecule has 4 heteroatoms. The Labute approximate surface area is 128 Å². The summed E-state index contributed by atoms with van der Waals surface area (Å²) in [6, 6.07) is 10.1. The van der Waals surface area contributed by atoms with Gasteiger partial charge in [-0.25, -0.2) is 0 Å². The van der Waals surface area contributed by atoms with Gasteiger partial charge in [-0.1, -0.05) is 26.0 Å². The second-order valence-electron chi connectivity index (χ2n) is 4.96. The second-order valence-corrected chi connectivity index (χ2v) is 4.96. The van der Waals surface area contributed by atoms with Gasteiger partial charge in [0.2, 0.25) is 0 Å². The maximum absolute atomic E-state index is 9.05. The highest BCUT2D eigenvalue weighted by Gasteiger charge is 2.14. The Morgan fingerprint density at radius 1 is 1.14 bits per heavy atom. The summed E-state index contributed by atoms with van der Waals surface area (Å²) in [5, 5.41) is 9.05. The maximum atomic E-state index is 9.05. The van der Waals surface area contributed by atoms with Crippen LogP contribution < -0.4 is 4.74 Å². The van der Waals surface area contributed by atoms with Crippen LogP contribution in [0.5, 0.6) is 5.75 Å². The molecule has 0 N–H and O–H groups in total. The zero-order valence-electron chi connectivity index (χ0n) is 13.3. The van der Waals surface area contributed by atoms with Crippen molar-refractivity contribution in [2.24, 2.45) is 0 Å². The highest BCUT2D eigenvalue weighted by Crippen LogP contribution is 2.16. The fourth-order valence-electron chi connectivity index (χ4n) is 2.45. The van der Waals surface area contributed by atoms with Gasteiger partial charge in [-0.3, -0.25) is 4.90 Å². The van der Waals surface area contributed by atoms with Crippen LogP contribution in [0.2, 0.25) is 0 Å². The van der Waals surface area contributed by atoms with E-state index >= 15 is 0 Å². The normalized spacial score (nSPS) is 10.9. The standard InChI is InChI=1S/C17H26N2O2/c1-4-16(5-2)19(10-12-20-3)11-13-21-17-9-7-6-8-15(17)14-18/h6-9,16H,4-5,10-13H2,1-3H3. The van der Waals surface area contributed by atoms with Crippen molar-refractivity contribution in [1.82, 2.24) is 4.90 Å². The number of hydrogen-bond donors (Lipinski definition) is 0. The summed E-state index contributed by atoms with van der Waals surface area (Å²) in [5.74, 6) is 0.663. The van der Waals surface area contributed by atoms with E-state index in [1.165, 1.54) is 0 Å². The summed E-state index contributed by atoms with van der Waals surface area (Å²) in [4.78, 5) is 2.40. The molecule has 0 heterocycles. The van der Waals surface area contributed by atoms with Crippen LogP contribution in [-0.2, 0) is 4.74 Å². The van der Waals surface area contributed by atoms with Gasteiger partial charge in [-0.2, -0.15) is 5.26 Å². The van der Waals surface area contributed by atoms with E-state index in [0.29, 0.717) is 24.0 Å². The number of rotatable bonds is 10. The number of nitriles is 1. The van der Waals surface area contributed by atoms with E-state index in [9.17, 15) is 0 Å². The van der Waals surface area contributed by atoms with Crippen molar-refractivity contribution in [3.63, 3.8) is 0 Å². The number of benzene rings is 1. The van der Waals surface area contributed by atoms with Gasteiger partial charge < -0.3 is 9.47 Å². The molecule has 0 spiro atoms. The van der Waals surface area contributed by atoms with Crippen molar-refractivity contribution in [3.8, 4) is 11.8 Å². The lowest BCUT2D eigenvalue weighted by Gasteiger charge is -2.30. The van der Waals surface area contributed by atoms with Gasteiger partial charge in [-0.15, -0.1) is 0 Å². The summed E-state index contributed by atoms with van der Waals surface area (Å²) < 4.78 is 11.0. The van der Waals surface area contributed by atoms with Crippen molar-refractivity contribution < 1.29 is 9.47 Å². The predicted molar refractivity (Wildman–Crippen MR) is 84.5 cm³/mol. The Kier molecular flexibility index (Phi) is 8.49. The molecule has 1 aromatic carbocycles. The molecule has 0 saturated carbocycles. The molecule has 1 rings (SSSR count). The van der Waals surface area contributed by atoms with E-state index < -0.39 is 0 Å². The average Bonchev–Trinajstić information content (AvgIpc) is 2.53. The van der Waals surface area contributed by atoms with Gasteiger partial charge in [0, 0.05) is 26.2 Å². The van der Waals surface area contributed by atoms with E-state index in [1.54, 1.807) is 13.2 Å². The van der Waals surface area contributed by atoms with Crippen LogP contribution in [0.4, 0.5) is 0 Å². The van der Waals surface area contributed by atoms with E-state index in [0.717, 1.165) is 32.5 Å². The highest BCUT2D eigenvalue weighted by molar-refractivity contribution is 5.42. The Hall–Kier alpha value is -1.57. The molecule has 21 heavy (non-hydrogen) atoms. The molecular weight excluding hydrogens is 264 g/mol. The molecular formula is C17H26N2O2. The molecule has 0 aromatic heterocycles. The summed E-state index contributed by atoms with van der Waals surface area (Å²) in [7, 11) is 1.73. The first-order chi connectivity index (χ1) is 10.3. The first-order valence-electron chi connectivity index (χ1n) is 7.61. The summed E-state index contributed by atoms with van der Waals surface area (Å²) in [6.45, 7) is 7.48. The molecule has 0 aliphatic heterocycles. The zero-order chi connectivity index (χ0) is 15.5. The van der Waals surface area contributed by atoms with Gasteiger partial charge in [0.1, 0.15) is 18.4 Å². The van der Waals surface area contributed by atoms with Crippen LogP contribution in [0.1, 0.15) is 32.3 Å². The van der Waals surface area contributed by atoms with Crippen molar-refractivity contribution in [1.29, 1.82) is 5.26 Å². The minimum absolute atomic E-state index is 0.551. The quantitative estimate of drug-likeness (QED) is 0.664. The minimum Gasteiger partial charge on any atom is -0.491 e. The monoisotopic (exact) mass is 290 g/mol. The third-order valence-electron chi connectivity index (χ3n) is 3.69. The Morgan fingerprint density at radius 2 is 1.81 bits per heavy atom. The van der Waals surface area contributed by atoms with Crippen LogP contribution in [0.15, 0.2) is 24.3 Å². The van der Waals surface area contributed by atoms with Gasteiger partial charge >= 0.3 is 0 Å². The number of nitrogens with zero attached hydrogens (tertiary/aromatic N) is 2. The Morgan fingerprint density at radius 3 is 2.43 bits per heavy atom. The third kappa shape index (κ3) is 5.74. The fourth-order valence-corrected chi connectivity index (χ4v) is 2.45. The molecule has 0 saturated heterocycles. The fraction of sp³-hybridized carbons (Fsp3) is 0.588.